The van der Waals surface area contributed by atoms with Gasteiger partial charge in [-0.1, -0.05) is 36.4 Å². The van der Waals surface area contributed by atoms with Crippen molar-refractivity contribution in [2.45, 2.75) is 24.9 Å². The number of carbonyl (C=O) groups is 2. The van der Waals surface area contributed by atoms with E-state index in [1.807, 2.05) is 37.3 Å². The lowest BCUT2D eigenvalue weighted by atomic mass is 10.1. The number of carbonyl (C=O) groups excluding carboxylic acids is 2. The highest BCUT2D eigenvalue weighted by atomic mass is 32.2. The molecule has 0 bridgehead atoms. The number of esters is 1. The van der Waals surface area contributed by atoms with Gasteiger partial charge in [0, 0.05) is 11.4 Å². The van der Waals surface area contributed by atoms with Gasteiger partial charge >= 0.3 is 5.97 Å². The van der Waals surface area contributed by atoms with Gasteiger partial charge in [-0.15, -0.1) is 11.8 Å². The summed E-state index contributed by atoms with van der Waals surface area (Å²) in [6.07, 6.45) is 0. The van der Waals surface area contributed by atoms with E-state index in [1.54, 1.807) is 36.9 Å². The Bertz CT molecular complexity index is 716. The van der Waals surface area contributed by atoms with E-state index in [-0.39, 0.29) is 11.2 Å². The highest BCUT2D eigenvalue weighted by Crippen LogP contribution is 2.23. The number of hydrogen-bond donors (Lipinski definition) is 1. The second kappa shape index (κ2) is 8.55. The van der Waals surface area contributed by atoms with Crippen LogP contribution in [0, 0.1) is 6.92 Å². The molecule has 24 heavy (non-hydrogen) atoms. The average molecular weight is 343 g/mol. The molecule has 2 rings (SSSR count). The van der Waals surface area contributed by atoms with Crippen LogP contribution in [0.2, 0.25) is 0 Å². The Kier molecular flexibility index (Phi) is 6.44. The van der Waals surface area contributed by atoms with Crippen molar-refractivity contribution >= 4 is 29.3 Å². The number of amides is 1. The smallest absolute Gasteiger partial charge is 0.338 e. The van der Waals surface area contributed by atoms with E-state index >= 15 is 0 Å². The SMILES string of the molecule is COC(=O)c1cccc(NC(=O)[C@@H](C)SCc2ccccc2)c1C. The molecule has 0 aliphatic rings. The van der Waals surface area contributed by atoms with Gasteiger partial charge in [-0.2, -0.15) is 0 Å². The van der Waals surface area contributed by atoms with Crippen molar-refractivity contribution < 1.29 is 14.3 Å². The number of thioether (sulfide) groups is 1. The molecule has 0 aromatic heterocycles. The van der Waals surface area contributed by atoms with E-state index in [4.69, 9.17) is 4.74 Å². The Morgan fingerprint density at radius 3 is 2.50 bits per heavy atom. The summed E-state index contributed by atoms with van der Waals surface area (Å²) in [6, 6.07) is 15.2. The first kappa shape index (κ1) is 18.1. The second-order valence-corrected chi connectivity index (χ2v) is 6.73. The predicted molar refractivity (Wildman–Crippen MR) is 98.3 cm³/mol. The first-order valence-corrected chi connectivity index (χ1v) is 8.72. The molecule has 0 fully saturated rings. The molecule has 0 radical (unpaired) electrons. The van der Waals surface area contributed by atoms with Crippen molar-refractivity contribution in [3.05, 3.63) is 65.2 Å². The highest BCUT2D eigenvalue weighted by molar-refractivity contribution is 7.99. The number of anilines is 1. The van der Waals surface area contributed by atoms with Crippen molar-refractivity contribution in [2.24, 2.45) is 0 Å². The summed E-state index contributed by atoms with van der Waals surface area (Å²) < 4.78 is 4.76. The second-order valence-electron chi connectivity index (χ2n) is 5.40. The first-order valence-electron chi connectivity index (χ1n) is 7.67. The molecule has 2 aromatic rings. The van der Waals surface area contributed by atoms with Crippen LogP contribution in [0.1, 0.15) is 28.4 Å². The maximum absolute atomic E-state index is 12.4. The van der Waals surface area contributed by atoms with Crippen molar-refractivity contribution in [2.75, 3.05) is 12.4 Å². The van der Waals surface area contributed by atoms with Gasteiger partial charge in [0.1, 0.15) is 0 Å². The van der Waals surface area contributed by atoms with Gasteiger partial charge < -0.3 is 10.1 Å². The number of ether oxygens (including phenoxy) is 1. The first-order chi connectivity index (χ1) is 11.5. The molecule has 5 heteroatoms. The lowest BCUT2D eigenvalue weighted by molar-refractivity contribution is -0.115. The Hall–Kier alpha value is -2.27. The summed E-state index contributed by atoms with van der Waals surface area (Å²) in [5, 5.41) is 2.70. The zero-order valence-electron chi connectivity index (χ0n) is 14.0. The molecule has 1 atom stereocenters. The molecule has 0 aliphatic heterocycles. The summed E-state index contributed by atoms with van der Waals surface area (Å²) in [6.45, 7) is 3.67. The Morgan fingerprint density at radius 2 is 1.83 bits per heavy atom. The van der Waals surface area contributed by atoms with Crippen LogP contribution in [0.3, 0.4) is 0 Å². The van der Waals surface area contributed by atoms with Crippen LogP contribution in [0.5, 0.6) is 0 Å². The van der Waals surface area contributed by atoms with Gasteiger partial charge in [0.2, 0.25) is 5.91 Å². The minimum atomic E-state index is -0.407. The zero-order chi connectivity index (χ0) is 17.5. The molecule has 1 N–H and O–H groups in total. The van der Waals surface area contributed by atoms with Crippen LogP contribution >= 0.6 is 11.8 Å². The minimum absolute atomic E-state index is 0.0824. The lowest BCUT2D eigenvalue weighted by Gasteiger charge is -2.15. The number of nitrogens with one attached hydrogen (secondary N) is 1. The fraction of sp³-hybridized carbons (Fsp3) is 0.263. The van der Waals surface area contributed by atoms with Gasteiger partial charge in [-0.05, 0) is 37.1 Å². The minimum Gasteiger partial charge on any atom is -0.465 e. The van der Waals surface area contributed by atoms with Crippen LogP contribution in [-0.2, 0) is 15.3 Å². The standard InChI is InChI=1S/C19H21NO3S/c1-13-16(19(22)23-3)10-7-11-17(13)20-18(21)14(2)24-12-15-8-5-4-6-9-15/h4-11,14H,12H2,1-3H3,(H,20,21)/t14-/m1/s1. The summed E-state index contributed by atoms with van der Waals surface area (Å²) >= 11 is 1.57. The Balaban J connectivity index is 2.00. The monoisotopic (exact) mass is 343 g/mol. The maximum Gasteiger partial charge on any atom is 0.338 e. The van der Waals surface area contributed by atoms with Gasteiger partial charge in [0.05, 0.1) is 17.9 Å². The quantitative estimate of drug-likeness (QED) is 0.804. The summed E-state index contributed by atoms with van der Waals surface area (Å²) in [5.41, 5.74) is 2.99. The molecule has 0 aliphatic carbocycles. The molecular formula is C19H21NO3S. The molecule has 126 valence electrons. The molecule has 2 aromatic carbocycles. The summed E-state index contributed by atoms with van der Waals surface area (Å²) in [5.74, 6) is 0.285. The van der Waals surface area contributed by atoms with Gasteiger partial charge in [-0.3, -0.25) is 4.79 Å². The third-order valence-electron chi connectivity index (χ3n) is 3.71. The molecule has 0 heterocycles. The molecule has 4 nitrogen and oxygen atoms in total. The molecule has 0 unspecified atom stereocenters. The molecule has 1 amide bonds. The highest BCUT2D eigenvalue weighted by Gasteiger charge is 2.17. The van der Waals surface area contributed by atoms with E-state index in [2.05, 4.69) is 5.32 Å². The maximum atomic E-state index is 12.4. The van der Waals surface area contributed by atoms with Crippen molar-refractivity contribution in [3.63, 3.8) is 0 Å². The number of rotatable bonds is 6. The largest absolute Gasteiger partial charge is 0.465 e. The third kappa shape index (κ3) is 4.61. The number of benzene rings is 2. The van der Waals surface area contributed by atoms with Crippen LogP contribution in [-0.4, -0.2) is 24.2 Å². The van der Waals surface area contributed by atoms with Gasteiger partial charge in [-0.25, -0.2) is 4.79 Å². The molecule has 0 spiro atoms. The van der Waals surface area contributed by atoms with Crippen LogP contribution in [0.15, 0.2) is 48.5 Å². The Morgan fingerprint density at radius 1 is 1.12 bits per heavy atom. The predicted octanol–water partition coefficient (Wildman–Crippen LogP) is 4.04. The number of methoxy groups -OCH3 is 1. The van der Waals surface area contributed by atoms with Crippen LogP contribution < -0.4 is 5.32 Å². The zero-order valence-corrected chi connectivity index (χ0v) is 14.9. The van der Waals surface area contributed by atoms with Crippen LogP contribution in [0.25, 0.3) is 0 Å². The third-order valence-corrected chi connectivity index (χ3v) is 4.92. The van der Waals surface area contributed by atoms with Crippen molar-refractivity contribution in [1.82, 2.24) is 0 Å². The fourth-order valence-corrected chi connectivity index (χ4v) is 3.05. The summed E-state index contributed by atoms with van der Waals surface area (Å²) in [4.78, 5) is 24.1. The topological polar surface area (TPSA) is 55.4 Å². The van der Waals surface area contributed by atoms with Gasteiger partial charge in [0.15, 0.2) is 0 Å². The fourth-order valence-electron chi connectivity index (χ4n) is 2.21. The van der Waals surface area contributed by atoms with Crippen LogP contribution in [0.4, 0.5) is 5.69 Å². The van der Waals surface area contributed by atoms with Gasteiger partial charge in [0.25, 0.3) is 0 Å². The Labute approximate surface area is 146 Å². The van der Waals surface area contributed by atoms with E-state index in [0.29, 0.717) is 16.8 Å². The number of hydrogen-bond acceptors (Lipinski definition) is 4. The average Bonchev–Trinajstić information content (AvgIpc) is 2.61. The van der Waals surface area contributed by atoms with Crippen molar-refractivity contribution in [3.8, 4) is 0 Å². The summed E-state index contributed by atoms with van der Waals surface area (Å²) in [7, 11) is 1.34. The van der Waals surface area contributed by atoms with Crippen molar-refractivity contribution in [1.29, 1.82) is 0 Å². The van der Waals surface area contributed by atoms with E-state index in [0.717, 1.165) is 5.75 Å². The molecule has 0 saturated carbocycles. The molecule has 0 saturated heterocycles. The lowest BCUT2D eigenvalue weighted by Crippen LogP contribution is -2.23. The van der Waals surface area contributed by atoms with E-state index in [9.17, 15) is 9.59 Å². The van der Waals surface area contributed by atoms with E-state index < -0.39 is 5.97 Å². The molecular weight excluding hydrogens is 322 g/mol. The normalized spacial score (nSPS) is 11.6. The van der Waals surface area contributed by atoms with E-state index in [1.165, 1.54) is 12.7 Å².